The molecule has 0 spiro atoms. The van der Waals surface area contributed by atoms with Crippen molar-refractivity contribution in [3.05, 3.63) is 0 Å². The fourth-order valence-electron chi connectivity index (χ4n) is 1.92. The minimum absolute atomic E-state index is 0.0424. The quantitative estimate of drug-likeness (QED) is 0.761. The second-order valence-electron chi connectivity index (χ2n) is 5.50. The van der Waals surface area contributed by atoms with Crippen molar-refractivity contribution in [2.45, 2.75) is 39.7 Å². The molecule has 0 aromatic rings. The van der Waals surface area contributed by atoms with Crippen molar-refractivity contribution < 1.29 is 13.5 Å². The Labute approximate surface area is 86.4 Å². The van der Waals surface area contributed by atoms with Gasteiger partial charge in [-0.1, -0.05) is 20.8 Å². The van der Waals surface area contributed by atoms with Crippen LogP contribution in [0.4, 0.5) is 0 Å². The van der Waals surface area contributed by atoms with E-state index in [1.807, 2.05) is 0 Å². The average molecular weight is 220 g/mol. The number of aliphatic hydroxyl groups is 1. The second kappa shape index (κ2) is 3.81. The highest BCUT2D eigenvalue weighted by atomic mass is 32.2. The van der Waals surface area contributed by atoms with Gasteiger partial charge in [-0.3, -0.25) is 0 Å². The van der Waals surface area contributed by atoms with Crippen LogP contribution >= 0.6 is 0 Å². The van der Waals surface area contributed by atoms with Gasteiger partial charge in [-0.15, -0.1) is 0 Å². The van der Waals surface area contributed by atoms with Gasteiger partial charge in [-0.25, -0.2) is 8.42 Å². The normalized spacial score (nSPS) is 29.0. The molecule has 2 atom stereocenters. The molecular weight excluding hydrogens is 200 g/mol. The van der Waals surface area contributed by atoms with E-state index < -0.39 is 15.9 Å². The molecule has 84 valence electrons. The zero-order chi connectivity index (χ0) is 11.0. The van der Waals surface area contributed by atoms with Gasteiger partial charge in [-0.2, -0.15) is 0 Å². The van der Waals surface area contributed by atoms with E-state index in [2.05, 4.69) is 20.8 Å². The first-order chi connectivity index (χ1) is 6.20. The van der Waals surface area contributed by atoms with E-state index in [1.54, 1.807) is 0 Å². The Kier molecular flexibility index (Phi) is 3.26. The van der Waals surface area contributed by atoms with Crippen LogP contribution in [0.5, 0.6) is 0 Å². The van der Waals surface area contributed by atoms with Gasteiger partial charge in [0.1, 0.15) is 0 Å². The number of hydrogen-bond acceptors (Lipinski definition) is 3. The molecule has 1 fully saturated rings. The Morgan fingerprint density at radius 1 is 1.43 bits per heavy atom. The lowest BCUT2D eigenvalue weighted by atomic mass is 9.84. The molecule has 1 aliphatic rings. The van der Waals surface area contributed by atoms with Crippen molar-refractivity contribution in [2.24, 2.45) is 11.3 Å². The third-order valence-electron chi connectivity index (χ3n) is 2.63. The highest BCUT2D eigenvalue weighted by molar-refractivity contribution is 7.91. The monoisotopic (exact) mass is 220 g/mol. The van der Waals surface area contributed by atoms with E-state index in [9.17, 15) is 13.5 Å². The zero-order valence-corrected chi connectivity index (χ0v) is 9.97. The second-order valence-corrected chi connectivity index (χ2v) is 7.72. The van der Waals surface area contributed by atoms with Crippen molar-refractivity contribution in [3.63, 3.8) is 0 Å². The van der Waals surface area contributed by atoms with E-state index in [4.69, 9.17) is 0 Å². The maximum Gasteiger partial charge on any atom is 0.150 e. The van der Waals surface area contributed by atoms with Crippen LogP contribution < -0.4 is 0 Å². The molecular formula is C10H20O3S. The SMILES string of the molecule is CC(C)(C)CC(O)C1CCS(=O)(=O)C1. The molecule has 0 aromatic carbocycles. The number of sulfone groups is 1. The predicted molar refractivity (Wildman–Crippen MR) is 56.8 cm³/mol. The van der Waals surface area contributed by atoms with Crippen LogP contribution in [0, 0.1) is 11.3 Å². The Morgan fingerprint density at radius 3 is 2.36 bits per heavy atom. The summed E-state index contributed by atoms with van der Waals surface area (Å²) < 4.78 is 22.4. The van der Waals surface area contributed by atoms with E-state index in [1.165, 1.54) is 0 Å². The van der Waals surface area contributed by atoms with Crippen LogP contribution in [-0.2, 0) is 9.84 Å². The van der Waals surface area contributed by atoms with Crippen LogP contribution in [0.3, 0.4) is 0 Å². The molecule has 1 saturated heterocycles. The molecule has 2 unspecified atom stereocenters. The summed E-state index contributed by atoms with van der Waals surface area (Å²) in [4.78, 5) is 0. The summed E-state index contributed by atoms with van der Waals surface area (Å²) in [6, 6.07) is 0. The summed E-state index contributed by atoms with van der Waals surface area (Å²) in [6.07, 6.45) is 0.833. The molecule has 0 amide bonds. The van der Waals surface area contributed by atoms with Crippen LogP contribution in [0.15, 0.2) is 0 Å². The van der Waals surface area contributed by atoms with E-state index in [0.29, 0.717) is 12.8 Å². The van der Waals surface area contributed by atoms with Crippen molar-refractivity contribution in [1.29, 1.82) is 0 Å². The summed E-state index contributed by atoms with van der Waals surface area (Å²) in [5.41, 5.74) is 0.0613. The molecule has 1 heterocycles. The number of hydrogen-bond donors (Lipinski definition) is 1. The molecule has 14 heavy (non-hydrogen) atoms. The Morgan fingerprint density at radius 2 is 2.00 bits per heavy atom. The highest BCUT2D eigenvalue weighted by Gasteiger charge is 2.34. The maximum atomic E-state index is 11.2. The summed E-state index contributed by atoms with van der Waals surface area (Å²) >= 11 is 0. The zero-order valence-electron chi connectivity index (χ0n) is 9.16. The molecule has 0 radical (unpaired) electrons. The first-order valence-corrected chi connectivity index (χ1v) is 6.90. The fraction of sp³-hybridized carbons (Fsp3) is 1.00. The van der Waals surface area contributed by atoms with Crippen LogP contribution in [0.1, 0.15) is 33.6 Å². The Balaban J connectivity index is 2.52. The summed E-state index contributed by atoms with van der Waals surface area (Å²) in [6.45, 7) is 6.17. The molecule has 1 aliphatic heterocycles. The standard InChI is InChI=1S/C10H20O3S/c1-10(2,3)6-9(11)8-4-5-14(12,13)7-8/h8-9,11H,4-7H2,1-3H3. The molecule has 0 saturated carbocycles. The topological polar surface area (TPSA) is 54.4 Å². The Bertz CT molecular complexity index is 287. The lowest BCUT2D eigenvalue weighted by Gasteiger charge is -2.25. The minimum atomic E-state index is -2.86. The lowest BCUT2D eigenvalue weighted by Crippen LogP contribution is -2.26. The first kappa shape index (κ1) is 12.0. The van der Waals surface area contributed by atoms with Crippen molar-refractivity contribution in [2.75, 3.05) is 11.5 Å². The maximum absolute atomic E-state index is 11.2. The molecule has 1 N–H and O–H groups in total. The summed E-state index contributed by atoms with van der Waals surface area (Å²) in [5.74, 6) is 0.377. The molecule has 1 rings (SSSR count). The van der Waals surface area contributed by atoms with Crippen LogP contribution in [-0.4, -0.2) is 31.1 Å². The first-order valence-electron chi connectivity index (χ1n) is 5.08. The average Bonchev–Trinajstić information content (AvgIpc) is 2.26. The Hall–Kier alpha value is -0.0900. The minimum Gasteiger partial charge on any atom is -0.393 e. The highest BCUT2D eigenvalue weighted by Crippen LogP contribution is 2.29. The van der Waals surface area contributed by atoms with Gasteiger partial charge in [0, 0.05) is 0 Å². The lowest BCUT2D eigenvalue weighted by molar-refractivity contribution is 0.0760. The number of aliphatic hydroxyl groups excluding tert-OH is 1. The van der Waals surface area contributed by atoms with Crippen molar-refractivity contribution in [3.8, 4) is 0 Å². The van der Waals surface area contributed by atoms with Gasteiger partial charge < -0.3 is 5.11 Å². The van der Waals surface area contributed by atoms with E-state index >= 15 is 0 Å². The van der Waals surface area contributed by atoms with E-state index in [-0.39, 0.29) is 22.8 Å². The van der Waals surface area contributed by atoms with Gasteiger partial charge in [0.15, 0.2) is 9.84 Å². The smallest absolute Gasteiger partial charge is 0.150 e. The van der Waals surface area contributed by atoms with Crippen LogP contribution in [0.2, 0.25) is 0 Å². The number of rotatable bonds is 2. The third kappa shape index (κ3) is 3.58. The molecule has 0 aromatic heterocycles. The van der Waals surface area contributed by atoms with Gasteiger partial charge in [0.05, 0.1) is 17.6 Å². The van der Waals surface area contributed by atoms with Crippen LogP contribution in [0.25, 0.3) is 0 Å². The third-order valence-corrected chi connectivity index (χ3v) is 4.43. The predicted octanol–water partition coefficient (Wildman–Crippen LogP) is 1.22. The van der Waals surface area contributed by atoms with Gasteiger partial charge in [-0.05, 0) is 24.2 Å². The molecule has 3 nitrogen and oxygen atoms in total. The fourth-order valence-corrected chi connectivity index (χ4v) is 3.79. The van der Waals surface area contributed by atoms with Gasteiger partial charge in [0.25, 0.3) is 0 Å². The van der Waals surface area contributed by atoms with Crippen molar-refractivity contribution >= 4 is 9.84 Å². The summed E-state index contributed by atoms with van der Waals surface area (Å²) in [5, 5.41) is 9.85. The van der Waals surface area contributed by atoms with Gasteiger partial charge >= 0.3 is 0 Å². The largest absolute Gasteiger partial charge is 0.393 e. The van der Waals surface area contributed by atoms with Gasteiger partial charge in [0.2, 0.25) is 0 Å². The molecule has 4 heteroatoms. The van der Waals surface area contributed by atoms with Crippen molar-refractivity contribution in [1.82, 2.24) is 0 Å². The van der Waals surface area contributed by atoms with E-state index in [0.717, 1.165) is 0 Å². The molecule has 0 bridgehead atoms. The summed E-state index contributed by atoms with van der Waals surface area (Å²) in [7, 11) is -2.86. The molecule has 0 aliphatic carbocycles.